The molecule has 0 unspecified atom stereocenters. The smallest absolute Gasteiger partial charge is 0.353 e. The van der Waals surface area contributed by atoms with Crippen molar-refractivity contribution in [2.45, 2.75) is 43.5 Å². The first kappa shape index (κ1) is 20.6. The summed E-state index contributed by atoms with van der Waals surface area (Å²) in [6.45, 7) is 2.38. The zero-order chi connectivity index (χ0) is 19.3. The molecule has 0 aromatic carbocycles. The summed E-state index contributed by atoms with van der Waals surface area (Å²) in [6, 6.07) is 2.46. The van der Waals surface area contributed by atoms with E-state index in [-0.39, 0.29) is 5.91 Å². The summed E-state index contributed by atoms with van der Waals surface area (Å²) < 4.78 is 37.9. The van der Waals surface area contributed by atoms with Crippen LogP contribution in [0.1, 0.15) is 37.7 Å². The van der Waals surface area contributed by atoms with Crippen molar-refractivity contribution in [1.82, 2.24) is 9.88 Å². The minimum atomic E-state index is -4.37. The van der Waals surface area contributed by atoms with Crippen LogP contribution in [0.25, 0.3) is 0 Å². The molecular weight excluding hydrogens is 395 g/mol. The zero-order valence-corrected chi connectivity index (χ0v) is 16.7. The highest BCUT2D eigenvalue weighted by Crippen LogP contribution is 2.39. The summed E-state index contributed by atoms with van der Waals surface area (Å²) in [6.07, 6.45) is 1.59. The molecule has 0 bridgehead atoms. The van der Waals surface area contributed by atoms with E-state index in [0.29, 0.717) is 38.4 Å². The predicted octanol–water partition coefficient (Wildman–Crippen LogP) is 4.46. The SMILES string of the molecule is O=C(CCCC[C@@H]1CCSS1)N1CCN(c2ccc(C(F)(F)F)cn2)CC1. The molecule has 27 heavy (non-hydrogen) atoms. The number of nitrogens with zero attached hydrogens (tertiary/aromatic N) is 3. The van der Waals surface area contributed by atoms with E-state index in [1.807, 2.05) is 31.4 Å². The van der Waals surface area contributed by atoms with E-state index >= 15 is 0 Å². The van der Waals surface area contributed by atoms with Crippen LogP contribution in [-0.2, 0) is 11.0 Å². The van der Waals surface area contributed by atoms with Gasteiger partial charge in [-0.05, 0) is 31.4 Å². The average molecular weight is 420 g/mol. The number of alkyl halides is 3. The van der Waals surface area contributed by atoms with E-state index in [4.69, 9.17) is 0 Å². The average Bonchev–Trinajstić information content (AvgIpc) is 3.18. The molecule has 3 heterocycles. The zero-order valence-electron chi connectivity index (χ0n) is 15.1. The highest BCUT2D eigenvalue weighted by atomic mass is 33.1. The number of carbonyl (C=O) groups is 1. The van der Waals surface area contributed by atoms with Crippen molar-refractivity contribution in [3.8, 4) is 0 Å². The van der Waals surface area contributed by atoms with E-state index in [2.05, 4.69) is 4.98 Å². The second-order valence-electron chi connectivity index (χ2n) is 6.85. The molecule has 0 saturated carbocycles. The number of hydrogen-bond acceptors (Lipinski definition) is 5. The van der Waals surface area contributed by atoms with Gasteiger partial charge in [0, 0.05) is 49.8 Å². The molecule has 150 valence electrons. The first-order chi connectivity index (χ1) is 12.9. The van der Waals surface area contributed by atoms with E-state index in [1.54, 1.807) is 0 Å². The number of piperazine rings is 1. The Balaban J connectivity index is 1.38. The standard InChI is InChI=1S/C18H24F3N3OS2/c19-18(20,21)14-5-6-16(22-13-14)23-8-10-24(11-9-23)17(25)4-2-1-3-15-7-12-26-27-15/h5-6,13,15H,1-4,7-12H2/t15-/m1/s1. The van der Waals surface area contributed by atoms with Gasteiger partial charge in [0.1, 0.15) is 5.82 Å². The molecule has 0 N–H and O–H groups in total. The Kier molecular flexibility index (Phi) is 7.19. The van der Waals surface area contributed by atoms with Gasteiger partial charge in [0.15, 0.2) is 0 Å². The largest absolute Gasteiger partial charge is 0.417 e. The van der Waals surface area contributed by atoms with Crippen molar-refractivity contribution in [2.24, 2.45) is 0 Å². The Labute approximate surface area is 165 Å². The summed E-state index contributed by atoms with van der Waals surface area (Å²) in [5.74, 6) is 1.96. The Morgan fingerprint density at radius 1 is 1.19 bits per heavy atom. The molecule has 2 aliphatic rings. The number of hydrogen-bond donors (Lipinski definition) is 0. The van der Waals surface area contributed by atoms with E-state index in [1.165, 1.54) is 24.7 Å². The highest BCUT2D eigenvalue weighted by molar-refractivity contribution is 8.77. The summed E-state index contributed by atoms with van der Waals surface area (Å²) >= 11 is 0. The van der Waals surface area contributed by atoms with Crippen molar-refractivity contribution < 1.29 is 18.0 Å². The van der Waals surface area contributed by atoms with Crippen molar-refractivity contribution >= 4 is 33.3 Å². The molecule has 1 amide bonds. The van der Waals surface area contributed by atoms with Gasteiger partial charge >= 0.3 is 6.18 Å². The van der Waals surface area contributed by atoms with E-state index in [9.17, 15) is 18.0 Å². The van der Waals surface area contributed by atoms with E-state index in [0.717, 1.165) is 30.4 Å². The molecular formula is C18H24F3N3OS2. The maximum atomic E-state index is 12.6. The predicted molar refractivity (Wildman–Crippen MR) is 105 cm³/mol. The van der Waals surface area contributed by atoms with Gasteiger partial charge in [-0.1, -0.05) is 28.0 Å². The third-order valence-electron chi connectivity index (χ3n) is 4.93. The molecule has 4 nitrogen and oxygen atoms in total. The van der Waals surface area contributed by atoms with Crippen LogP contribution in [0, 0.1) is 0 Å². The van der Waals surface area contributed by atoms with Crippen LogP contribution >= 0.6 is 21.6 Å². The lowest BCUT2D eigenvalue weighted by molar-refractivity contribution is -0.137. The molecule has 0 aliphatic carbocycles. The molecule has 1 atom stereocenters. The number of halogens is 3. The monoisotopic (exact) mass is 419 g/mol. The number of unbranched alkanes of at least 4 members (excludes halogenated alkanes) is 1. The second kappa shape index (κ2) is 9.41. The first-order valence-electron chi connectivity index (χ1n) is 9.28. The Bertz CT molecular complexity index is 613. The number of pyridine rings is 1. The van der Waals surface area contributed by atoms with Gasteiger partial charge in [-0.15, -0.1) is 0 Å². The van der Waals surface area contributed by atoms with Gasteiger partial charge in [0.25, 0.3) is 0 Å². The number of carbonyl (C=O) groups excluding carboxylic acids is 1. The van der Waals surface area contributed by atoms with Crippen LogP contribution < -0.4 is 4.90 Å². The molecule has 9 heteroatoms. The van der Waals surface area contributed by atoms with E-state index < -0.39 is 11.7 Å². The molecule has 0 radical (unpaired) electrons. The Hall–Kier alpha value is -1.09. The van der Waals surface area contributed by atoms with Gasteiger partial charge < -0.3 is 9.80 Å². The van der Waals surface area contributed by atoms with Crippen LogP contribution in [0.3, 0.4) is 0 Å². The molecule has 0 spiro atoms. The molecule has 1 aromatic rings. The maximum absolute atomic E-state index is 12.6. The minimum Gasteiger partial charge on any atom is -0.353 e. The van der Waals surface area contributed by atoms with Crippen LogP contribution in [0.5, 0.6) is 0 Å². The quantitative estimate of drug-likeness (QED) is 0.503. The van der Waals surface area contributed by atoms with Crippen LogP contribution in [0.2, 0.25) is 0 Å². The molecule has 2 fully saturated rings. The summed E-state index contributed by atoms with van der Waals surface area (Å²) in [5, 5.41) is 0.755. The van der Waals surface area contributed by atoms with Gasteiger partial charge in [0.05, 0.1) is 5.56 Å². The topological polar surface area (TPSA) is 36.4 Å². The van der Waals surface area contributed by atoms with Crippen LogP contribution in [-0.4, -0.2) is 53.0 Å². The van der Waals surface area contributed by atoms with Crippen molar-refractivity contribution in [1.29, 1.82) is 0 Å². The van der Waals surface area contributed by atoms with Gasteiger partial charge in [0.2, 0.25) is 5.91 Å². The van der Waals surface area contributed by atoms with Gasteiger partial charge in [-0.25, -0.2) is 4.98 Å². The third-order valence-corrected chi connectivity index (χ3v) is 7.93. The fourth-order valence-corrected chi connectivity index (χ4v) is 6.32. The number of aromatic nitrogens is 1. The van der Waals surface area contributed by atoms with Gasteiger partial charge in [-0.2, -0.15) is 13.2 Å². The van der Waals surface area contributed by atoms with Crippen LogP contribution in [0.4, 0.5) is 19.0 Å². The summed E-state index contributed by atoms with van der Waals surface area (Å²) in [4.78, 5) is 20.1. The fraction of sp³-hybridized carbons (Fsp3) is 0.667. The lowest BCUT2D eigenvalue weighted by atomic mass is 10.1. The maximum Gasteiger partial charge on any atom is 0.417 e. The molecule has 2 aliphatic heterocycles. The second-order valence-corrected chi connectivity index (χ2v) is 9.63. The normalized spacial score (nSPS) is 20.9. The van der Waals surface area contributed by atoms with Crippen molar-refractivity contribution in [2.75, 3.05) is 36.8 Å². The van der Waals surface area contributed by atoms with Gasteiger partial charge in [-0.3, -0.25) is 4.79 Å². The lowest BCUT2D eigenvalue weighted by Crippen LogP contribution is -2.49. The molecule has 2 saturated heterocycles. The number of anilines is 1. The third kappa shape index (κ3) is 5.94. The number of amides is 1. The summed E-state index contributed by atoms with van der Waals surface area (Å²) in [5.41, 5.74) is -0.741. The summed E-state index contributed by atoms with van der Waals surface area (Å²) in [7, 11) is 3.92. The van der Waals surface area contributed by atoms with Crippen molar-refractivity contribution in [3.63, 3.8) is 0 Å². The van der Waals surface area contributed by atoms with Crippen LogP contribution in [0.15, 0.2) is 18.3 Å². The Morgan fingerprint density at radius 3 is 2.56 bits per heavy atom. The Morgan fingerprint density at radius 2 is 1.96 bits per heavy atom. The lowest BCUT2D eigenvalue weighted by Gasteiger charge is -2.35. The highest BCUT2D eigenvalue weighted by Gasteiger charge is 2.31. The molecule has 3 rings (SSSR count). The fourth-order valence-electron chi connectivity index (χ4n) is 3.30. The number of rotatable bonds is 6. The van der Waals surface area contributed by atoms with Crippen molar-refractivity contribution in [3.05, 3.63) is 23.9 Å². The molecule has 1 aromatic heterocycles. The first-order valence-corrected chi connectivity index (χ1v) is 11.7. The minimum absolute atomic E-state index is 0.184.